The molecule has 5 nitrogen and oxygen atoms in total. The van der Waals surface area contributed by atoms with Crippen LogP contribution in [0.2, 0.25) is 0 Å². The summed E-state index contributed by atoms with van der Waals surface area (Å²) in [5.74, 6) is -2.91. The summed E-state index contributed by atoms with van der Waals surface area (Å²) < 4.78 is 0. The van der Waals surface area contributed by atoms with Gasteiger partial charge in [-0.05, 0) is 19.8 Å². The van der Waals surface area contributed by atoms with E-state index in [0.29, 0.717) is 18.0 Å². The van der Waals surface area contributed by atoms with Gasteiger partial charge in [-0.3, -0.25) is 4.79 Å². The Balaban J connectivity index is 1.72. The number of carbonyl (C=O) groups is 2. The molecule has 6 heteroatoms. The molecule has 2 atom stereocenters. The number of carboxylic acids is 1. The molecule has 1 amide bonds. The molecule has 0 unspecified atom stereocenters. The number of carbonyl (C=O) groups excluding carboxylic acids is 2. The summed E-state index contributed by atoms with van der Waals surface area (Å²) in [6.45, 7) is 2.02. The van der Waals surface area contributed by atoms with Gasteiger partial charge in [-0.25, -0.2) is 4.98 Å². The fraction of sp³-hybridized carbons (Fsp3) is 0.278. The Labute approximate surface area is 144 Å². The van der Waals surface area contributed by atoms with E-state index in [0.717, 1.165) is 11.3 Å². The van der Waals surface area contributed by atoms with E-state index in [4.69, 9.17) is 0 Å². The molecule has 1 N–H and O–H groups in total. The van der Waals surface area contributed by atoms with Crippen LogP contribution in [0, 0.1) is 18.8 Å². The van der Waals surface area contributed by atoms with E-state index < -0.39 is 17.8 Å². The predicted molar refractivity (Wildman–Crippen MR) is 91.3 cm³/mol. The molecule has 1 aliphatic carbocycles. The number of amides is 1. The first-order chi connectivity index (χ1) is 11.5. The maximum absolute atomic E-state index is 12.4. The zero-order valence-corrected chi connectivity index (χ0v) is 14.0. The van der Waals surface area contributed by atoms with Crippen molar-refractivity contribution in [3.63, 3.8) is 0 Å². The number of nitrogens with one attached hydrogen (secondary N) is 1. The smallest absolute Gasteiger partial charge is 0.230 e. The maximum atomic E-state index is 12.4. The molecule has 0 fully saturated rings. The lowest BCUT2D eigenvalue weighted by Gasteiger charge is -2.27. The van der Waals surface area contributed by atoms with Crippen molar-refractivity contribution in [1.82, 2.24) is 4.98 Å². The van der Waals surface area contributed by atoms with Gasteiger partial charge in [0.25, 0.3) is 0 Å². The van der Waals surface area contributed by atoms with E-state index in [1.54, 1.807) is 6.08 Å². The number of benzene rings is 1. The van der Waals surface area contributed by atoms with E-state index in [-0.39, 0.29) is 5.91 Å². The number of allylic oxidation sites excluding steroid dienone is 2. The Morgan fingerprint density at radius 2 is 1.83 bits per heavy atom. The molecule has 3 rings (SSSR count). The molecule has 0 saturated heterocycles. The summed E-state index contributed by atoms with van der Waals surface area (Å²) in [4.78, 5) is 28.0. The third-order valence-corrected chi connectivity index (χ3v) is 4.91. The number of hydrogen-bond donors (Lipinski definition) is 1. The van der Waals surface area contributed by atoms with E-state index in [9.17, 15) is 14.7 Å². The molecular weight excluding hydrogens is 324 g/mol. The molecule has 1 aromatic carbocycles. The van der Waals surface area contributed by atoms with Crippen LogP contribution in [0.15, 0.2) is 41.8 Å². The number of nitrogens with zero attached hydrogens (tertiary/aromatic N) is 1. The summed E-state index contributed by atoms with van der Waals surface area (Å²) in [5.41, 5.74) is 2.93. The number of anilines is 1. The summed E-state index contributed by atoms with van der Waals surface area (Å²) in [5, 5.41) is 16.3. The summed E-state index contributed by atoms with van der Waals surface area (Å²) in [6.07, 6.45) is 4.35. The van der Waals surface area contributed by atoms with Gasteiger partial charge in [-0.15, -0.1) is 11.3 Å². The summed E-state index contributed by atoms with van der Waals surface area (Å²) in [6, 6.07) is 7.97. The standard InChI is InChI=1S/C18H18N2O3S/c1-11-6-8-12(9-7-11)15-10-24-18(19-15)20-16(21)13-4-2-3-5-14(13)17(22)23/h2-3,6-10,13-14H,4-5H2,1H3,(H,22,23)(H,19,20,21)/p-1/t13-,14+/m0/s1. The molecule has 0 saturated carbocycles. The van der Waals surface area contributed by atoms with Gasteiger partial charge in [0, 0.05) is 22.8 Å². The van der Waals surface area contributed by atoms with E-state index in [2.05, 4.69) is 10.3 Å². The van der Waals surface area contributed by atoms with Crippen molar-refractivity contribution in [1.29, 1.82) is 0 Å². The first-order valence-electron chi connectivity index (χ1n) is 7.74. The van der Waals surface area contributed by atoms with Gasteiger partial charge in [0.1, 0.15) is 0 Å². The maximum Gasteiger partial charge on any atom is 0.230 e. The number of carboxylic acid groups (broad SMARTS) is 1. The number of thiazole rings is 1. The minimum absolute atomic E-state index is 0.321. The molecule has 1 aliphatic rings. The highest BCUT2D eigenvalue weighted by atomic mass is 32.1. The minimum atomic E-state index is -1.18. The molecule has 1 aromatic heterocycles. The average molecular weight is 341 g/mol. The van der Waals surface area contributed by atoms with Gasteiger partial charge in [-0.1, -0.05) is 42.0 Å². The zero-order valence-electron chi connectivity index (χ0n) is 13.2. The van der Waals surface area contributed by atoms with Gasteiger partial charge < -0.3 is 15.2 Å². The number of aromatic nitrogens is 1. The molecule has 0 bridgehead atoms. The number of aryl methyl sites for hydroxylation is 1. The van der Waals surface area contributed by atoms with Crippen molar-refractivity contribution in [2.24, 2.45) is 11.8 Å². The number of hydrogen-bond acceptors (Lipinski definition) is 5. The lowest BCUT2D eigenvalue weighted by atomic mass is 9.82. The Morgan fingerprint density at radius 1 is 1.17 bits per heavy atom. The molecule has 124 valence electrons. The molecule has 24 heavy (non-hydrogen) atoms. The van der Waals surface area contributed by atoms with Crippen LogP contribution in [0.25, 0.3) is 11.3 Å². The highest BCUT2D eigenvalue weighted by molar-refractivity contribution is 7.14. The van der Waals surface area contributed by atoms with Crippen LogP contribution in [0.4, 0.5) is 5.13 Å². The SMILES string of the molecule is Cc1ccc(-c2csc(NC(=O)[C@H]3CC=CC[C@H]3C(=O)[O-])n2)cc1. The topological polar surface area (TPSA) is 82.1 Å². The normalized spacial score (nSPS) is 19.9. The largest absolute Gasteiger partial charge is 0.550 e. The molecule has 2 aromatic rings. The number of aliphatic carboxylic acids is 1. The molecule has 0 aliphatic heterocycles. The van der Waals surface area contributed by atoms with Gasteiger partial charge >= 0.3 is 0 Å². The van der Waals surface area contributed by atoms with Crippen molar-refractivity contribution >= 4 is 28.3 Å². The van der Waals surface area contributed by atoms with Gasteiger partial charge in [0.2, 0.25) is 5.91 Å². The Hall–Kier alpha value is -2.47. The molecule has 1 heterocycles. The van der Waals surface area contributed by atoms with Crippen LogP contribution in [0.3, 0.4) is 0 Å². The van der Waals surface area contributed by atoms with Crippen LogP contribution < -0.4 is 10.4 Å². The van der Waals surface area contributed by atoms with Gasteiger partial charge in [0.05, 0.1) is 11.6 Å². The van der Waals surface area contributed by atoms with E-state index in [1.807, 2.05) is 42.6 Å². The van der Waals surface area contributed by atoms with Crippen LogP contribution in [-0.2, 0) is 9.59 Å². The third kappa shape index (κ3) is 3.54. The van der Waals surface area contributed by atoms with Crippen molar-refractivity contribution in [3.05, 3.63) is 47.4 Å². The molecule has 0 spiro atoms. The van der Waals surface area contributed by atoms with E-state index >= 15 is 0 Å². The van der Waals surface area contributed by atoms with Crippen molar-refractivity contribution in [2.75, 3.05) is 5.32 Å². The van der Waals surface area contributed by atoms with E-state index in [1.165, 1.54) is 16.9 Å². The van der Waals surface area contributed by atoms with Gasteiger partial charge in [0.15, 0.2) is 5.13 Å². The Kier molecular flexibility index (Phi) is 4.76. The van der Waals surface area contributed by atoms with Crippen molar-refractivity contribution < 1.29 is 14.7 Å². The first-order valence-corrected chi connectivity index (χ1v) is 8.62. The highest BCUT2D eigenvalue weighted by Gasteiger charge is 2.30. The highest BCUT2D eigenvalue weighted by Crippen LogP contribution is 2.29. The van der Waals surface area contributed by atoms with Crippen LogP contribution in [0.5, 0.6) is 0 Å². The Morgan fingerprint density at radius 3 is 2.50 bits per heavy atom. The number of rotatable bonds is 4. The van der Waals surface area contributed by atoms with Gasteiger partial charge in [-0.2, -0.15) is 0 Å². The van der Waals surface area contributed by atoms with Crippen molar-refractivity contribution in [3.8, 4) is 11.3 Å². The lowest BCUT2D eigenvalue weighted by molar-refractivity contribution is -0.313. The third-order valence-electron chi connectivity index (χ3n) is 4.15. The second-order valence-electron chi connectivity index (χ2n) is 5.87. The lowest BCUT2D eigenvalue weighted by Crippen LogP contribution is -2.41. The molecular formula is C18H17N2O3S-. The monoisotopic (exact) mass is 341 g/mol. The van der Waals surface area contributed by atoms with Crippen LogP contribution >= 0.6 is 11.3 Å². The fourth-order valence-electron chi connectivity index (χ4n) is 2.75. The van der Waals surface area contributed by atoms with Crippen molar-refractivity contribution in [2.45, 2.75) is 19.8 Å². The summed E-state index contributed by atoms with van der Waals surface area (Å²) in [7, 11) is 0. The first kappa shape index (κ1) is 16.4. The fourth-order valence-corrected chi connectivity index (χ4v) is 3.47. The quantitative estimate of drug-likeness (QED) is 0.866. The average Bonchev–Trinajstić information content (AvgIpc) is 3.04. The predicted octanol–water partition coefficient (Wildman–Crippen LogP) is 2.39. The van der Waals surface area contributed by atoms with Crippen LogP contribution in [0.1, 0.15) is 18.4 Å². The summed E-state index contributed by atoms with van der Waals surface area (Å²) >= 11 is 1.33. The zero-order chi connectivity index (χ0) is 17.1. The minimum Gasteiger partial charge on any atom is -0.550 e. The van der Waals surface area contributed by atoms with Crippen LogP contribution in [-0.4, -0.2) is 16.9 Å². The Bertz CT molecular complexity index is 780. The second-order valence-corrected chi connectivity index (χ2v) is 6.73. The second kappa shape index (κ2) is 6.97. The molecule has 0 radical (unpaired) electrons.